The fourth-order valence-corrected chi connectivity index (χ4v) is 2.03. The van der Waals surface area contributed by atoms with Crippen molar-refractivity contribution in [1.29, 1.82) is 10.5 Å². The molecule has 0 fully saturated rings. The maximum Gasteiger partial charge on any atom is 0.265 e. The molecule has 1 amide bonds. The Bertz CT molecular complexity index is 663. The SMILES string of the molecule is N#Cc1ccc(NC(=O)c2cccs2)cc1C#N. The molecule has 1 N–H and O–H groups in total. The van der Waals surface area contributed by atoms with Crippen molar-refractivity contribution in [3.05, 3.63) is 51.7 Å². The van der Waals surface area contributed by atoms with Crippen LogP contribution in [0.3, 0.4) is 0 Å². The lowest BCUT2D eigenvalue weighted by atomic mass is 10.1. The van der Waals surface area contributed by atoms with E-state index in [4.69, 9.17) is 10.5 Å². The summed E-state index contributed by atoms with van der Waals surface area (Å²) in [4.78, 5) is 12.4. The number of nitrogens with zero attached hydrogens (tertiary/aromatic N) is 2. The summed E-state index contributed by atoms with van der Waals surface area (Å²) in [6.45, 7) is 0. The van der Waals surface area contributed by atoms with Crippen LogP contribution in [0.1, 0.15) is 20.8 Å². The van der Waals surface area contributed by atoms with Crippen LogP contribution in [-0.4, -0.2) is 5.91 Å². The Morgan fingerprint density at radius 3 is 2.56 bits per heavy atom. The summed E-state index contributed by atoms with van der Waals surface area (Å²) in [5.41, 5.74) is 1.05. The van der Waals surface area contributed by atoms with E-state index in [0.29, 0.717) is 16.1 Å². The summed E-state index contributed by atoms with van der Waals surface area (Å²) < 4.78 is 0. The van der Waals surface area contributed by atoms with Gasteiger partial charge >= 0.3 is 0 Å². The third-order valence-corrected chi connectivity index (χ3v) is 3.13. The first kappa shape index (κ1) is 11.8. The molecular weight excluding hydrogens is 246 g/mol. The normalized spacial score (nSPS) is 9.22. The summed E-state index contributed by atoms with van der Waals surface area (Å²) in [7, 11) is 0. The molecule has 0 unspecified atom stereocenters. The van der Waals surface area contributed by atoms with Crippen molar-refractivity contribution in [2.75, 3.05) is 5.32 Å². The van der Waals surface area contributed by atoms with Crippen molar-refractivity contribution in [3.8, 4) is 12.1 Å². The minimum atomic E-state index is -0.224. The van der Waals surface area contributed by atoms with E-state index >= 15 is 0 Å². The summed E-state index contributed by atoms with van der Waals surface area (Å²) >= 11 is 1.34. The Morgan fingerprint density at radius 2 is 1.94 bits per heavy atom. The van der Waals surface area contributed by atoms with E-state index in [1.165, 1.54) is 23.5 Å². The molecule has 0 radical (unpaired) electrons. The Labute approximate surface area is 108 Å². The molecule has 0 aliphatic carbocycles. The highest BCUT2D eigenvalue weighted by atomic mass is 32.1. The van der Waals surface area contributed by atoms with Crippen LogP contribution in [-0.2, 0) is 0 Å². The van der Waals surface area contributed by atoms with Gasteiger partial charge < -0.3 is 5.32 Å². The second-order valence-corrected chi connectivity index (χ2v) is 4.36. The number of nitrogens with one attached hydrogen (secondary N) is 1. The summed E-state index contributed by atoms with van der Waals surface area (Å²) in [6.07, 6.45) is 0. The van der Waals surface area contributed by atoms with Crippen LogP contribution in [0, 0.1) is 22.7 Å². The smallest absolute Gasteiger partial charge is 0.265 e. The van der Waals surface area contributed by atoms with Gasteiger partial charge in [0.25, 0.3) is 5.91 Å². The standard InChI is InChI=1S/C13H7N3OS/c14-7-9-3-4-11(6-10(9)8-15)16-13(17)12-2-1-5-18-12/h1-6H,(H,16,17). The van der Waals surface area contributed by atoms with Crippen LogP contribution in [0.2, 0.25) is 0 Å². The number of benzene rings is 1. The first-order chi connectivity index (χ1) is 8.74. The quantitative estimate of drug-likeness (QED) is 0.893. The molecule has 4 nitrogen and oxygen atoms in total. The third kappa shape index (κ3) is 2.37. The van der Waals surface area contributed by atoms with Crippen LogP contribution >= 0.6 is 11.3 Å². The fraction of sp³-hybridized carbons (Fsp3) is 0. The van der Waals surface area contributed by atoms with E-state index in [2.05, 4.69) is 5.32 Å². The van der Waals surface area contributed by atoms with Crippen LogP contribution < -0.4 is 5.32 Å². The van der Waals surface area contributed by atoms with Gasteiger partial charge in [0, 0.05) is 5.69 Å². The van der Waals surface area contributed by atoms with Crippen molar-refractivity contribution < 1.29 is 4.79 Å². The molecule has 86 valence electrons. The molecule has 1 aromatic carbocycles. The first-order valence-corrected chi connectivity index (χ1v) is 5.91. The highest BCUT2D eigenvalue weighted by molar-refractivity contribution is 7.12. The first-order valence-electron chi connectivity index (χ1n) is 5.03. The number of nitriles is 2. The number of hydrogen-bond donors (Lipinski definition) is 1. The Hall–Kier alpha value is -2.63. The molecule has 0 saturated carbocycles. The van der Waals surface area contributed by atoms with Gasteiger partial charge in [-0.3, -0.25) is 4.79 Å². The Kier molecular flexibility index (Phi) is 3.38. The lowest BCUT2D eigenvalue weighted by molar-refractivity contribution is 0.103. The summed E-state index contributed by atoms with van der Waals surface area (Å²) in [5.74, 6) is -0.224. The number of thiophene rings is 1. The maximum atomic E-state index is 11.8. The molecule has 18 heavy (non-hydrogen) atoms. The van der Waals surface area contributed by atoms with Crippen LogP contribution in [0.4, 0.5) is 5.69 Å². The maximum absolute atomic E-state index is 11.8. The monoisotopic (exact) mass is 253 g/mol. The molecule has 0 atom stereocenters. The average molecular weight is 253 g/mol. The molecule has 1 heterocycles. The van der Waals surface area contributed by atoms with E-state index < -0.39 is 0 Å². The number of rotatable bonds is 2. The topological polar surface area (TPSA) is 76.7 Å². The molecule has 2 rings (SSSR count). The zero-order valence-corrected chi connectivity index (χ0v) is 9.99. The van der Waals surface area contributed by atoms with Crippen LogP contribution in [0.25, 0.3) is 0 Å². The van der Waals surface area contributed by atoms with Gasteiger partial charge in [0.15, 0.2) is 0 Å². The molecule has 0 saturated heterocycles. The van der Waals surface area contributed by atoms with E-state index in [1.807, 2.05) is 17.5 Å². The minimum Gasteiger partial charge on any atom is -0.321 e. The molecule has 2 aromatic rings. The molecule has 0 aliphatic rings. The van der Waals surface area contributed by atoms with Gasteiger partial charge in [-0.1, -0.05) is 6.07 Å². The number of carbonyl (C=O) groups excluding carboxylic acids is 1. The minimum absolute atomic E-state index is 0.224. The van der Waals surface area contributed by atoms with Crippen molar-refractivity contribution in [2.45, 2.75) is 0 Å². The summed E-state index contributed by atoms with van der Waals surface area (Å²) in [5, 5.41) is 22.2. The molecule has 0 spiro atoms. The fourth-order valence-electron chi connectivity index (χ4n) is 1.41. The van der Waals surface area contributed by atoms with Crippen molar-refractivity contribution in [1.82, 2.24) is 0 Å². The highest BCUT2D eigenvalue weighted by Gasteiger charge is 2.08. The molecule has 0 aliphatic heterocycles. The number of anilines is 1. The summed E-state index contributed by atoms with van der Waals surface area (Å²) in [6, 6.07) is 12.0. The second kappa shape index (κ2) is 5.13. The number of carbonyl (C=O) groups is 1. The predicted octanol–water partition coefficient (Wildman–Crippen LogP) is 2.74. The zero-order valence-electron chi connectivity index (χ0n) is 9.18. The predicted molar refractivity (Wildman–Crippen MR) is 68.1 cm³/mol. The van der Waals surface area contributed by atoms with Crippen molar-refractivity contribution >= 4 is 22.9 Å². The third-order valence-electron chi connectivity index (χ3n) is 2.26. The van der Waals surface area contributed by atoms with Gasteiger partial charge in [0.2, 0.25) is 0 Å². The van der Waals surface area contributed by atoms with Gasteiger partial charge in [-0.2, -0.15) is 10.5 Å². The van der Waals surface area contributed by atoms with Gasteiger partial charge in [-0.25, -0.2) is 0 Å². The van der Waals surface area contributed by atoms with Crippen LogP contribution in [0.15, 0.2) is 35.7 Å². The Morgan fingerprint density at radius 1 is 1.17 bits per heavy atom. The van der Waals surface area contributed by atoms with Gasteiger partial charge in [0.05, 0.1) is 16.0 Å². The number of hydrogen-bond acceptors (Lipinski definition) is 4. The van der Waals surface area contributed by atoms with E-state index in [0.717, 1.165) is 0 Å². The van der Waals surface area contributed by atoms with Gasteiger partial charge in [-0.05, 0) is 29.6 Å². The molecule has 0 bridgehead atoms. The Balaban J connectivity index is 2.24. The van der Waals surface area contributed by atoms with E-state index in [9.17, 15) is 4.79 Å². The lowest BCUT2D eigenvalue weighted by Gasteiger charge is -2.04. The van der Waals surface area contributed by atoms with Gasteiger partial charge in [-0.15, -0.1) is 11.3 Å². The second-order valence-electron chi connectivity index (χ2n) is 3.42. The highest BCUT2D eigenvalue weighted by Crippen LogP contribution is 2.17. The van der Waals surface area contributed by atoms with E-state index in [1.54, 1.807) is 18.2 Å². The van der Waals surface area contributed by atoms with Crippen LogP contribution in [0.5, 0.6) is 0 Å². The zero-order chi connectivity index (χ0) is 13.0. The lowest BCUT2D eigenvalue weighted by Crippen LogP contribution is -2.10. The average Bonchev–Trinajstić information content (AvgIpc) is 2.92. The largest absolute Gasteiger partial charge is 0.321 e. The van der Waals surface area contributed by atoms with Gasteiger partial charge in [0.1, 0.15) is 12.1 Å². The molecular formula is C13H7N3OS. The van der Waals surface area contributed by atoms with Crippen molar-refractivity contribution in [2.24, 2.45) is 0 Å². The molecule has 1 aromatic heterocycles. The molecule has 5 heteroatoms. The van der Waals surface area contributed by atoms with Crippen molar-refractivity contribution in [3.63, 3.8) is 0 Å². The van der Waals surface area contributed by atoms with E-state index in [-0.39, 0.29) is 11.5 Å². The number of amides is 1.